The van der Waals surface area contributed by atoms with Gasteiger partial charge >= 0.3 is 0 Å². The van der Waals surface area contributed by atoms with Crippen molar-refractivity contribution >= 4 is 40.4 Å². The summed E-state index contributed by atoms with van der Waals surface area (Å²) >= 11 is 2.99. The van der Waals surface area contributed by atoms with E-state index in [9.17, 15) is 4.79 Å². The molecule has 0 atom stereocenters. The van der Waals surface area contributed by atoms with Crippen molar-refractivity contribution in [1.29, 1.82) is 0 Å². The number of aromatic nitrogens is 3. The zero-order chi connectivity index (χ0) is 23.2. The Bertz CT molecular complexity index is 1170. The number of thiophene rings is 1. The van der Waals surface area contributed by atoms with Crippen molar-refractivity contribution in [3.05, 3.63) is 72.1 Å². The molecule has 2 heterocycles. The number of amides is 1. The number of carbonyl (C=O) groups excluding carboxylic acids is 1. The Balaban J connectivity index is 1.46. The maximum atomic E-state index is 12.7. The summed E-state index contributed by atoms with van der Waals surface area (Å²) in [5, 5.41) is 14.5. The average molecular weight is 478 g/mol. The molecule has 0 fully saturated rings. The molecule has 0 aliphatic carbocycles. The lowest BCUT2D eigenvalue weighted by atomic mass is 10.2. The van der Waals surface area contributed by atoms with E-state index in [1.165, 1.54) is 11.8 Å². The lowest BCUT2D eigenvalue weighted by Crippen LogP contribution is -2.30. The summed E-state index contributed by atoms with van der Waals surface area (Å²) in [4.78, 5) is 16.0. The normalized spacial score (nSPS) is 11.0. The molecule has 0 spiro atoms. The van der Waals surface area contributed by atoms with E-state index < -0.39 is 0 Å². The maximum Gasteiger partial charge on any atom is 0.234 e. The van der Waals surface area contributed by atoms with Gasteiger partial charge in [0.2, 0.25) is 5.91 Å². The number of nitrogens with zero attached hydrogens (tertiary/aromatic N) is 4. The number of hydrogen-bond donors (Lipinski definition) is 1. The van der Waals surface area contributed by atoms with Crippen molar-refractivity contribution in [3.63, 3.8) is 0 Å². The molecule has 0 radical (unpaired) electrons. The largest absolute Gasteiger partial charge is 0.369 e. The predicted molar refractivity (Wildman–Crippen MR) is 139 cm³/mol. The van der Waals surface area contributed by atoms with Gasteiger partial charge in [0, 0.05) is 29.6 Å². The van der Waals surface area contributed by atoms with Gasteiger partial charge in [0.05, 0.1) is 10.6 Å². The predicted octanol–water partition coefficient (Wildman–Crippen LogP) is 5.96. The summed E-state index contributed by atoms with van der Waals surface area (Å²) in [5.74, 6) is 0.939. The number of nitrogens with one attached hydrogen (secondary N) is 1. The van der Waals surface area contributed by atoms with Gasteiger partial charge in [0.1, 0.15) is 0 Å². The number of thioether (sulfide) groups is 1. The molecule has 0 unspecified atom stereocenters. The zero-order valence-electron chi connectivity index (χ0n) is 18.9. The van der Waals surface area contributed by atoms with E-state index in [-0.39, 0.29) is 11.7 Å². The summed E-state index contributed by atoms with van der Waals surface area (Å²) in [7, 11) is 0. The monoisotopic (exact) mass is 477 g/mol. The van der Waals surface area contributed by atoms with Crippen LogP contribution in [-0.2, 0) is 4.79 Å². The summed E-state index contributed by atoms with van der Waals surface area (Å²) in [6.45, 7) is 7.43. The first-order valence-corrected chi connectivity index (χ1v) is 12.8. The molecule has 0 saturated heterocycles. The van der Waals surface area contributed by atoms with E-state index >= 15 is 0 Å². The van der Waals surface area contributed by atoms with Crippen molar-refractivity contribution in [3.8, 4) is 16.4 Å². The molecule has 0 aliphatic rings. The van der Waals surface area contributed by atoms with Gasteiger partial charge in [-0.1, -0.05) is 36.0 Å². The molecule has 2 aromatic heterocycles. The van der Waals surface area contributed by atoms with E-state index in [4.69, 9.17) is 0 Å². The van der Waals surface area contributed by atoms with Crippen LogP contribution in [0, 0.1) is 0 Å². The fourth-order valence-electron chi connectivity index (χ4n) is 3.65. The Kier molecular flexibility index (Phi) is 7.47. The smallest absolute Gasteiger partial charge is 0.234 e. The van der Waals surface area contributed by atoms with Crippen LogP contribution in [0.3, 0.4) is 0 Å². The first-order chi connectivity index (χ1) is 16.1. The molecule has 170 valence electrons. The van der Waals surface area contributed by atoms with Crippen LogP contribution in [0.2, 0.25) is 0 Å². The van der Waals surface area contributed by atoms with Crippen LogP contribution in [0.4, 0.5) is 11.4 Å². The molecule has 0 bridgehead atoms. The highest BCUT2D eigenvalue weighted by atomic mass is 32.2. The maximum absolute atomic E-state index is 12.7. The van der Waals surface area contributed by atoms with Crippen LogP contribution < -0.4 is 10.2 Å². The number of rotatable bonds is 9. The van der Waals surface area contributed by atoms with Gasteiger partial charge in [-0.3, -0.25) is 9.36 Å². The Hall–Kier alpha value is -3.10. The van der Waals surface area contributed by atoms with E-state index in [0.717, 1.165) is 34.3 Å². The third kappa shape index (κ3) is 5.46. The van der Waals surface area contributed by atoms with Crippen LogP contribution in [0.15, 0.2) is 77.3 Å². The van der Waals surface area contributed by atoms with E-state index in [1.54, 1.807) is 11.3 Å². The minimum atomic E-state index is -0.0794. The van der Waals surface area contributed by atoms with Crippen LogP contribution in [-0.4, -0.2) is 39.0 Å². The van der Waals surface area contributed by atoms with Crippen molar-refractivity contribution in [2.45, 2.75) is 32.0 Å². The van der Waals surface area contributed by atoms with Crippen LogP contribution >= 0.6 is 23.1 Å². The van der Waals surface area contributed by atoms with Gasteiger partial charge in [-0.05, 0) is 68.6 Å². The molecular weight excluding hydrogens is 450 g/mol. The highest BCUT2D eigenvalue weighted by Gasteiger charge is 2.18. The second kappa shape index (κ2) is 10.7. The molecule has 33 heavy (non-hydrogen) atoms. The minimum absolute atomic E-state index is 0.0794. The van der Waals surface area contributed by atoms with Gasteiger partial charge in [0.15, 0.2) is 11.0 Å². The third-order valence-corrected chi connectivity index (χ3v) is 6.96. The van der Waals surface area contributed by atoms with Gasteiger partial charge in [-0.2, -0.15) is 0 Å². The molecule has 1 amide bonds. The molecule has 4 rings (SSSR count). The van der Waals surface area contributed by atoms with E-state index in [0.29, 0.717) is 11.2 Å². The molecule has 8 heteroatoms. The summed E-state index contributed by atoms with van der Waals surface area (Å²) in [5.41, 5.74) is 2.90. The highest BCUT2D eigenvalue weighted by Crippen LogP contribution is 2.30. The molecule has 2 aromatic carbocycles. The van der Waals surface area contributed by atoms with Crippen molar-refractivity contribution < 1.29 is 4.79 Å². The SMILES string of the molecule is CCN(c1ccc(NC(=O)CSc2nnc(-c3cccs3)n2-c2ccccc2)cc1)C(C)C. The lowest BCUT2D eigenvalue weighted by molar-refractivity contribution is -0.113. The second-order valence-corrected chi connectivity index (χ2v) is 9.61. The van der Waals surface area contributed by atoms with E-state index in [1.807, 2.05) is 76.7 Å². The Morgan fingerprint density at radius 3 is 2.45 bits per heavy atom. The fourth-order valence-corrected chi connectivity index (χ4v) is 5.10. The first-order valence-electron chi connectivity index (χ1n) is 10.9. The average Bonchev–Trinajstić information content (AvgIpc) is 3.49. The molecule has 1 N–H and O–H groups in total. The first kappa shape index (κ1) is 23.1. The third-order valence-electron chi connectivity index (χ3n) is 5.17. The van der Waals surface area contributed by atoms with Crippen LogP contribution in [0.25, 0.3) is 16.4 Å². The lowest BCUT2D eigenvalue weighted by Gasteiger charge is -2.27. The molecule has 6 nitrogen and oxygen atoms in total. The number of hydrogen-bond acceptors (Lipinski definition) is 6. The minimum Gasteiger partial charge on any atom is -0.369 e. The molecule has 0 aliphatic heterocycles. The van der Waals surface area contributed by atoms with Gasteiger partial charge in [0.25, 0.3) is 0 Å². The molecular formula is C25H27N5OS2. The zero-order valence-corrected chi connectivity index (χ0v) is 20.6. The van der Waals surface area contributed by atoms with Crippen molar-refractivity contribution in [2.75, 3.05) is 22.5 Å². The van der Waals surface area contributed by atoms with Crippen LogP contribution in [0.5, 0.6) is 0 Å². The van der Waals surface area contributed by atoms with Crippen molar-refractivity contribution in [1.82, 2.24) is 14.8 Å². The highest BCUT2D eigenvalue weighted by molar-refractivity contribution is 7.99. The Morgan fingerprint density at radius 1 is 1.06 bits per heavy atom. The second-order valence-electron chi connectivity index (χ2n) is 7.72. The van der Waals surface area contributed by atoms with Gasteiger partial charge in [-0.25, -0.2) is 0 Å². The molecule has 0 saturated carbocycles. The van der Waals surface area contributed by atoms with Gasteiger partial charge < -0.3 is 10.2 Å². The number of benzene rings is 2. The summed E-state index contributed by atoms with van der Waals surface area (Å²) < 4.78 is 2.00. The van der Waals surface area contributed by atoms with Gasteiger partial charge in [-0.15, -0.1) is 21.5 Å². The number of carbonyl (C=O) groups is 1. The Labute approximate surface area is 202 Å². The summed E-state index contributed by atoms with van der Waals surface area (Å²) in [6.07, 6.45) is 0. The number of anilines is 2. The number of para-hydroxylation sites is 1. The molecule has 4 aromatic rings. The Morgan fingerprint density at radius 2 is 1.82 bits per heavy atom. The topological polar surface area (TPSA) is 63.1 Å². The quantitative estimate of drug-likeness (QED) is 0.301. The summed E-state index contributed by atoms with van der Waals surface area (Å²) in [6, 6.07) is 22.4. The standard InChI is InChI=1S/C25H27N5OS2/c1-4-29(18(2)3)20-14-12-19(13-15-20)26-23(31)17-33-25-28-27-24(22-11-8-16-32-22)30(25)21-9-6-5-7-10-21/h5-16,18H,4,17H2,1-3H3,(H,26,31). The fraction of sp³-hybridized carbons (Fsp3) is 0.240. The van der Waals surface area contributed by atoms with Crippen molar-refractivity contribution in [2.24, 2.45) is 0 Å². The van der Waals surface area contributed by atoms with E-state index in [2.05, 4.69) is 41.2 Å². The van der Waals surface area contributed by atoms with Crippen LogP contribution in [0.1, 0.15) is 20.8 Å².